The zero-order valence-electron chi connectivity index (χ0n) is 13.2. The molecule has 0 fully saturated rings. The van der Waals surface area contributed by atoms with Gasteiger partial charge in [0.2, 0.25) is 5.75 Å². The first-order valence-electron chi connectivity index (χ1n) is 7.03. The highest BCUT2D eigenvalue weighted by Crippen LogP contribution is 2.41. The van der Waals surface area contributed by atoms with E-state index in [1.807, 2.05) is 35.0 Å². The van der Waals surface area contributed by atoms with Crippen molar-refractivity contribution in [2.24, 2.45) is 0 Å². The number of pyridine rings is 1. The van der Waals surface area contributed by atoms with Crippen molar-refractivity contribution in [1.82, 2.24) is 14.8 Å². The molecular weight excluding hydrogens is 294 g/mol. The predicted octanol–water partition coefficient (Wildman–Crippen LogP) is 2.96. The minimum Gasteiger partial charge on any atom is -0.493 e. The fourth-order valence-corrected chi connectivity index (χ4v) is 2.44. The van der Waals surface area contributed by atoms with Crippen molar-refractivity contribution < 1.29 is 14.2 Å². The largest absolute Gasteiger partial charge is 0.493 e. The van der Waals surface area contributed by atoms with Gasteiger partial charge in [0, 0.05) is 11.8 Å². The van der Waals surface area contributed by atoms with Crippen molar-refractivity contribution in [2.75, 3.05) is 21.3 Å². The molecule has 0 aliphatic rings. The van der Waals surface area contributed by atoms with Crippen LogP contribution in [0.5, 0.6) is 17.2 Å². The summed E-state index contributed by atoms with van der Waals surface area (Å²) < 4.78 is 18.0. The van der Waals surface area contributed by atoms with Gasteiger partial charge in [-0.1, -0.05) is 0 Å². The Balaban J connectivity index is 2.15. The summed E-state index contributed by atoms with van der Waals surface area (Å²) in [4.78, 5) is 4.14. The van der Waals surface area contributed by atoms with Crippen LogP contribution in [-0.4, -0.2) is 36.1 Å². The van der Waals surface area contributed by atoms with Crippen LogP contribution in [-0.2, 0) is 0 Å². The molecule has 0 spiro atoms. The van der Waals surface area contributed by atoms with E-state index in [4.69, 9.17) is 14.2 Å². The summed E-state index contributed by atoms with van der Waals surface area (Å²) in [6.07, 6.45) is 5.23. The minimum absolute atomic E-state index is 0.561. The highest BCUT2D eigenvalue weighted by Gasteiger charge is 2.16. The average molecular weight is 311 g/mol. The van der Waals surface area contributed by atoms with Gasteiger partial charge in [-0.3, -0.25) is 4.98 Å². The van der Waals surface area contributed by atoms with Gasteiger partial charge >= 0.3 is 0 Å². The molecule has 1 aromatic carbocycles. The highest BCUT2D eigenvalue weighted by molar-refractivity contribution is 5.70. The van der Waals surface area contributed by atoms with E-state index in [9.17, 15) is 0 Å². The summed E-state index contributed by atoms with van der Waals surface area (Å²) in [7, 11) is 4.78. The average Bonchev–Trinajstić information content (AvgIpc) is 3.10. The third-order valence-corrected chi connectivity index (χ3v) is 3.49. The molecule has 0 aliphatic heterocycles. The third-order valence-electron chi connectivity index (χ3n) is 3.49. The smallest absolute Gasteiger partial charge is 0.203 e. The van der Waals surface area contributed by atoms with E-state index in [0.717, 1.165) is 16.9 Å². The molecule has 2 aromatic heterocycles. The molecule has 23 heavy (non-hydrogen) atoms. The first-order valence-corrected chi connectivity index (χ1v) is 7.03. The quantitative estimate of drug-likeness (QED) is 0.725. The predicted molar refractivity (Wildman–Crippen MR) is 86.5 cm³/mol. The minimum atomic E-state index is 0.561. The van der Waals surface area contributed by atoms with Crippen LogP contribution in [0.15, 0.2) is 48.9 Å². The van der Waals surface area contributed by atoms with E-state index < -0.39 is 0 Å². The van der Waals surface area contributed by atoms with Crippen molar-refractivity contribution in [3.63, 3.8) is 0 Å². The monoisotopic (exact) mass is 311 g/mol. The van der Waals surface area contributed by atoms with E-state index in [0.29, 0.717) is 17.2 Å². The lowest BCUT2D eigenvalue weighted by Crippen LogP contribution is -2.00. The molecule has 0 bridgehead atoms. The summed E-state index contributed by atoms with van der Waals surface area (Å²) in [6.45, 7) is 0. The maximum Gasteiger partial charge on any atom is 0.203 e. The number of nitrogens with zero attached hydrogens (tertiary/aromatic N) is 3. The Hall–Kier alpha value is -3.02. The number of ether oxygens (including phenoxy) is 3. The van der Waals surface area contributed by atoms with Gasteiger partial charge in [0.1, 0.15) is 0 Å². The van der Waals surface area contributed by atoms with Crippen LogP contribution in [0.2, 0.25) is 0 Å². The molecule has 0 saturated heterocycles. The van der Waals surface area contributed by atoms with Gasteiger partial charge in [0.15, 0.2) is 11.5 Å². The Morgan fingerprint density at radius 2 is 1.65 bits per heavy atom. The number of rotatable bonds is 5. The zero-order valence-corrected chi connectivity index (χ0v) is 13.2. The molecule has 0 N–H and O–H groups in total. The number of hydrogen-bond acceptors (Lipinski definition) is 5. The normalized spacial score (nSPS) is 10.4. The fraction of sp³-hybridized carbons (Fsp3) is 0.176. The van der Waals surface area contributed by atoms with Gasteiger partial charge in [-0.2, -0.15) is 5.10 Å². The zero-order chi connectivity index (χ0) is 16.2. The second-order valence-corrected chi connectivity index (χ2v) is 4.75. The second-order valence-electron chi connectivity index (χ2n) is 4.75. The van der Waals surface area contributed by atoms with Crippen LogP contribution in [0.1, 0.15) is 0 Å². The molecule has 0 radical (unpaired) electrons. The van der Waals surface area contributed by atoms with E-state index in [1.54, 1.807) is 39.9 Å². The lowest BCUT2D eigenvalue weighted by atomic mass is 10.1. The maximum absolute atomic E-state index is 5.42. The van der Waals surface area contributed by atoms with Gasteiger partial charge in [-0.15, -0.1) is 0 Å². The molecule has 6 heteroatoms. The van der Waals surface area contributed by atoms with Crippen LogP contribution in [0.4, 0.5) is 0 Å². The van der Waals surface area contributed by atoms with E-state index in [-0.39, 0.29) is 0 Å². The molecular formula is C17H17N3O3. The van der Waals surface area contributed by atoms with Crippen LogP contribution in [0.25, 0.3) is 16.9 Å². The molecule has 2 heterocycles. The first-order chi connectivity index (χ1) is 11.3. The van der Waals surface area contributed by atoms with Crippen LogP contribution >= 0.6 is 0 Å². The topological polar surface area (TPSA) is 58.4 Å². The van der Waals surface area contributed by atoms with E-state index in [2.05, 4.69) is 10.1 Å². The third kappa shape index (κ3) is 2.70. The summed E-state index contributed by atoms with van der Waals surface area (Å²) >= 11 is 0. The summed E-state index contributed by atoms with van der Waals surface area (Å²) in [5, 5.41) is 4.38. The molecule has 3 aromatic rings. The van der Waals surface area contributed by atoms with Gasteiger partial charge < -0.3 is 14.2 Å². The van der Waals surface area contributed by atoms with Crippen molar-refractivity contribution in [3.8, 4) is 34.2 Å². The van der Waals surface area contributed by atoms with Crippen molar-refractivity contribution in [1.29, 1.82) is 0 Å². The molecule has 118 valence electrons. The Morgan fingerprint density at radius 3 is 2.22 bits per heavy atom. The Morgan fingerprint density at radius 1 is 0.913 bits per heavy atom. The van der Waals surface area contributed by atoms with E-state index in [1.165, 1.54) is 0 Å². The Labute approximate surface area is 134 Å². The number of aromatic nitrogens is 3. The SMILES string of the molecule is COc1cc(-c2ccnn2-c2cccnc2)cc(OC)c1OC. The highest BCUT2D eigenvalue weighted by atomic mass is 16.5. The number of hydrogen-bond donors (Lipinski definition) is 0. The molecule has 3 rings (SSSR count). The van der Waals surface area contributed by atoms with Gasteiger partial charge in [-0.25, -0.2) is 4.68 Å². The van der Waals surface area contributed by atoms with Crippen molar-refractivity contribution >= 4 is 0 Å². The molecule has 0 saturated carbocycles. The Bertz CT molecular complexity index is 775. The fourth-order valence-electron chi connectivity index (χ4n) is 2.44. The van der Waals surface area contributed by atoms with Crippen molar-refractivity contribution in [2.45, 2.75) is 0 Å². The molecule has 0 unspecified atom stereocenters. The van der Waals surface area contributed by atoms with Gasteiger partial charge in [0.25, 0.3) is 0 Å². The van der Waals surface area contributed by atoms with Crippen LogP contribution < -0.4 is 14.2 Å². The summed E-state index contributed by atoms with van der Waals surface area (Å²) in [5.74, 6) is 1.76. The molecule has 0 aliphatic carbocycles. The standard InChI is InChI=1S/C17H17N3O3/c1-21-15-9-12(10-16(22-2)17(15)23-3)14-6-8-19-20(14)13-5-4-7-18-11-13/h4-11H,1-3H3. The Kier molecular flexibility index (Phi) is 4.14. The lowest BCUT2D eigenvalue weighted by Gasteiger charge is -2.15. The summed E-state index contributed by atoms with van der Waals surface area (Å²) in [6, 6.07) is 9.53. The van der Waals surface area contributed by atoms with E-state index >= 15 is 0 Å². The first kappa shape index (κ1) is 14.9. The van der Waals surface area contributed by atoms with Crippen LogP contribution in [0.3, 0.4) is 0 Å². The summed E-state index contributed by atoms with van der Waals surface area (Å²) in [5.41, 5.74) is 2.68. The maximum atomic E-state index is 5.42. The van der Waals surface area contributed by atoms with Gasteiger partial charge in [0.05, 0.1) is 45.1 Å². The second kappa shape index (κ2) is 6.39. The van der Waals surface area contributed by atoms with Crippen LogP contribution in [0, 0.1) is 0 Å². The number of methoxy groups -OCH3 is 3. The molecule has 0 atom stereocenters. The molecule has 6 nitrogen and oxygen atoms in total. The lowest BCUT2D eigenvalue weighted by molar-refractivity contribution is 0.324. The van der Waals surface area contributed by atoms with Gasteiger partial charge in [-0.05, 0) is 30.3 Å². The van der Waals surface area contributed by atoms with Crippen molar-refractivity contribution in [3.05, 3.63) is 48.9 Å². The number of benzene rings is 1. The molecule has 0 amide bonds.